The molecule has 0 aliphatic carbocycles. The zero-order chi connectivity index (χ0) is 18.1. The molecule has 1 fully saturated rings. The van der Waals surface area contributed by atoms with Crippen LogP contribution in [0.4, 0.5) is 9.52 Å². The standard InChI is InChI=1S/C19H18FN3O2S/c1-22-8-10-23(11-9-22)19-21-16-7-6-15(12-17(16)26-19)25-18(24)13-2-4-14(20)5-3-13/h2-7,12H,8-11H2,1H3. The van der Waals surface area contributed by atoms with Gasteiger partial charge in [0.1, 0.15) is 11.6 Å². The Morgan fingerprint density at radius 3 is 2.58 bits per heavy atom. The molecule has 0 N–H and O–H groups in total. The van der Waals surface area contributed by atoms with Crippen LogP contribution in [0.1, 0.15) is 10.4 Å². The fraction of sp³-hybridized carbons (Fsp3) is 0.263. The van der Waals surface area contributed by atoms with Crippen molar-refractivity contribution in [1.29, 1.82) is 0 Å². The van der Waals surface area contributed by atoms with Crippen LogP contribution in [-0.2, 0) is 0 Å². The summed E-state index contributed by atoms with van der Waals surface area (Å²) in [4.78, 5) is 21.5. The lowest BCUT2D eigenvalue weighted by Crippen LogP contribution is -2.44. The second-order valence-electron chi connectivity index (χ2n) is 6.31. The number of likely N-dealkylation sites (N-methyl/N-ethyl adjacent to an activating group) is 1. The van der Waals surface area contributed by atoms with E-state index in [2.05, 4.69) is 16.8 Å². The Balaban J connectivity index is 1.52. The SMILES string of the molecule is CN1CCN(c2nc3ccc(OC(=O)c4ccc(F)cc4)cc3s2)CC1. The van der Waals surface area contributed by atoms with E-state index < -0.39 is 5.97 Å². The van der Waals surface area contributed by atoms with Crippen molar-refractivity contribution in [3.8, 4) is 5.75 Å². The number of piperazine rings is 1. The molecule has 0 atom stereocenters. The van der Waals surface area contributed by atoms with Crippen LogP contribution in [-0.4, -0.2) is 49.1 Å². The normalized spacial score (nSPS) is 15.4. The Morgan fingerprint density at radius 2 is 1.85 bits per heavy atom. The first-order valence-electron chi connectivity index (χ1n) is 8.40. The van der Waals surface area contributed by atoms with Gasteiger partial charge in [0.2, 0.25) is 0 Å². The minimum Gasteiger partial charge on any atom is -0.423 e. The van der Waals surface area contributed by atoms with Crippen LogP contribution in [0.15, 0.2) is 42.5 Å². The molecule has 1 aliphatic rings. The van der Waals surface area contributed by atoms with Crippen molar-refractivity contribution in [1.82, 2.24) is 9.88 Å². The molecule has 1 saturated heterocycles. The number of ether oxygens (including phenoxy) is 1. The van der Waals surface area contributed by atoms with Gasteiger partial charge in [-0.15, -0.1) is 0 Å². The Bertz CT molecular complexity index is 934. The molecule has 0 radical (unpaired) electrons. The number of hydrogen-bond donors (Lipinski definition) is 0. The monoisotopic (exact) mass is 371 g/mol. The smallest absolute Gasteiger partial charge is 0.343 e. The van der Waals surface area contributed by atoms with Crippen molar-refractivity contribution < 1.29 is 13.9 Å². The van der Waals surface area contributed by atoms with E-state index in [0.29, 0.717) is 11.3 Å². The first-order valence-corrected chi connectivity index (χ1v) is 9.22. The summed E-state index contributed by atoms with van der Waals surface area (Å²) in [6.45, 7) is 3.97. The molecule has 0 saturated carbocycles. The number of thiazole rings is 1. The maximum atomic E-state index is 13.0. The second kappa shape index (κ2) is 7.01. The number of aromatic nitrogens is 1. The number of nitrogens with zero attached hydrogens (tertiary/aromatic N) is 3. The van der Waals surface area contributed by atoms with E-state index in [-0.39, 0.29) is 5.82 Å². The first-order chi connectivity index (χ1) is 12.6. The molecule has 0 unspecified atom stereocenters. The molecule has 2 aromatic carbocycles. The number of esters is 1. The fourth-order valence-electron chi connectivity index (χ4n) is 2.84. The Labute approximate surface area is 154 Å². The van der Waals surface area contributed by atoms with Gasteiger partial charge in [-0.3, -0.25) is 0 Å². The Morgan fingerprint density at radius 1 is 1.12 bits per heavy atom. The summed E-state index contributed by atoms with van der Waals surface area (Å²) in [6.07, 6.45) is 0. The van der Waals surface area contributed by atoms with E-state index in [1.165, 1.54) is 24.3 Å². The number of benzene rings is 2. The van der Waals surface area contributed by atoms with Crippen LogP contribution >= 0.6 is 11.3 Å². The molecular formula is C19H18FN3O2S. The number of rotatable bonds is 3. The number of hydrogen-bond acceptors (Lipinski definition) is 6. The molecule has 2 heterocycles. The van der Waals surface area contributed by atoms with Gasteiger partial charge in [-0.05, 0) is 43.4 Å². The average Bonchev–Trinajstić information content (AvgIpc) is 3.06. The maximum Gasteiger partial charge on any atom is 0.343 e. The summed E-state index contributed by atoms with van der Waals surface area (Å²) in [7, 11) is 2.12. The lowest BCUT2D eigenvalue weighted by Gasteiger charge is -2.31. The van der Waals surface area contributed by atoms with Crippen LogP contribution < -0.4 is 9.64 Å². The fourth-order valence-corrected chi connectivity index (χ4v) is 3.89. The molecular weight excluding hydrogens is 353 g/mol. The van der Waals surface area contributed by atoms with E-state index >= 15 is 0 Å². The molecule has 4 rings (SSSR count). The van der Waals surface area contributed by atoms with Crippen LogP contribution in [0.3, 0.4) is 0 Å². The highest BCUT2D eigenvalue weighted by Crippen LogP contribution is 2.32. The Hall–Kier alpha value is -2.51. The molecule has 134 valence electrons. The third-order valence-electron chi connectivity index (χ3n) is 4.41. The zero-order valence-electron chi connectivity index (χ0n) is 14.3. The van der Waals surface area contributed by atoms with Gasteiger partial charge in [0.05, 0.1) is 15.8 Å². The van der Waals surface area contributed by atoms with Gasteiger partial charge in [0.25, 0.3) is 0 Å². The number of fused-ring (bicyclic) bond motifs is 1. The Kier molecular flexibility index (Phi) is 4.57. The number of halogens is 1. The molecule has 7 heteroatoms. The van der Waals surface area contributed by atoms with Gasteiger partial charge in [0, 0.05) is 32.2 Å². The van der Waals surface area contributed by atoms with Crippen molar-refractivity contribution in [2.24, 2.45) is 0 Å². The zero-order valence-corrected chi connectivity index (χ0v) is 15.1. The number of carbonyl (C=O) groups excluding carboxylic acids is 1. The van der Waals surface area contributed by atoms with Crippen molar-refractivity contribution in [2.45, 2.75) is 0 Å². The van der Waals surface area contributed by atoms with Gasteiger partial charge >= 0.3 is 5.97 Å². The minimum absolute atomic E-state index is 0.314. The highest BCUT2D eigenvalue weighted by atomic mass is 32.1. The topological polar surface area (TPSA) is 45.7 Å². The predicted octanol–water partition coefficient (Wildman–Crippen LogP) is 3.41. The van der Waals surface area contributed by atoms with Gasteiger partial charge in [-0.1, -0.05) is 11.3 Å². The van der Waals surface area contributed by atoms with Gasteiger partial charge in [-0.2, -0.15) is 0 Å². The van der Waals surface area contributed by atoms with Gasteiger partial charge < -0.3 is 14.5 Å². The molecule has 0 amide bonds. The van der Waals surface area contributed by atoms with Crippen molar-refractivity contribution in [2.75, 3.05) is 38.1 Å². The van der Waals surface area contributed by atoms with E-state index in [1.807, 2.05) is 12.1 Å². The van der Waals surface area contributed by atoms with Crippen LogP contribution in [0.5, 0.6) is 5.75 Å². The molecule has 1 aliphatic heterocycles. The van der Waals surface area contributed by atoms with Gasteiger partial charge in [0.15, 0.2) is 5.13 Å². The molecule has 26 heavy (non-hydrogen) atoms. The largest absolute Gasteiger partial charge is 0.423 e. The predicted molar refractivity (Wildman–Crippen MR) is 101 cm³/mol. The third-order valence-corrected chi connectivity index (χ3v) is 5.49. The van der Waals surface area contributed by atoms with Gasteiger partial charge in [-0.25, -0.2) is 14.2 Å². The molecule has 1 aromatic heterocycles. The number of anilines is 1. The molecule has 0 bridgehead atoms. The van der Waals surface area contributed by atoms with Crippen LogP contribution in [0.25, 0.3) is 10.2 Å². The summed E-state index contributed by atoms with van der Waals surface area (Å²) < 4.78 is 19.4. The summed E-state index contributed by atoms with van der Waals surface area (Å²) in [5, 5.41) is 0.995. The lowest BCUT2D eigenvalue weighted by molar-refractivity contribution is 0.0735. The summed E-state index contributed by atoms with van der Waals surface area (Å²) >= 11 is 1.60. The first kappa shape index (κ1) is 16.9. The third kappa shape index (κ3) is 3.54. The van der Waals surface area contributed by atoms with E-state index in [1.54, 1.807) is 17.4 Å². The van der Waals surface area contributed by atoms with E-state index in [0.717, 1.165) is 41.5 Å². The highest BCUT2D eigenvalue weighted by molar-refractivity contribution is 7.22. The minimum atomic E-state index is -0.506. The molecule has 0 spiro atoms. The van der Waals surface area contributed by atoms with Crippen LogP contribution in [0, 0.1) is 5.82 Å². The van der Waals surface area contributed by atoms with E-state index in [4.69, 9.17) is 9.72 Å². The maximum absolute atomic E-state index is 13.0. The quantitative estimate of drug-likeness (QED) is 0.522. The summed E-state index contributed by atoms with van der Waals surface area (Å²) in [5.74, 6) is -0.433. The lowest BCUT2D eigenvalue weighted by atomic mass is 10.2. The second-order valence-corrected chi connectivity index (χ2v) is 7.32. The highest BCUT2D eigenvalue weighted by Gasteiger charge is 2.18. The van der Waals surface area contributed by atoms with Crippen molar-refractivity contribution >= 4 is 32.7 Å². The summed E-state index contributed by atoms with van der Waals surface area (Å²) in [6, 6.07) is 10.7. The van der Waals surface area contributed by atoms with E-state index in [9.17, 15) is 9.18 Å². The summed E-state index contributed by atoms with van der Waals surface area (Å²) in [5.41, 5.74) is 1.21. The van der Waals surface area contributed by atoms with Crippen molar-refractivity contribution in [3.63, 3.8) is 0 Å². The van der Waals surface area contributed by atoms with Crippen LogP contribution in [0.2, 0.25) is 0 Å². The molecule has 5 nitrogen and oxygen atoms in total. The number of carbonyl (C=O) groups is 1. The van der Waals surface area contributed by atoms with Crippen molar-refractivity contribution in [3.05, 3.63) is 53.8 Å². The average molecular weight is 371 g/mol. The molecule has 3 aromatic rings.